The van der Waals surface area contributed by atoms with Crippen LogP contribution in [0.3, 0.4) is 0 Å². The molecule has 1 aromatic carbocycles. The molecule has 4 heteroatoms. The average Bonchev–Trinajstić information content (AvgIpc) is 2.73. The van der Waals surface area contributed by atoms with E-state index >= 15 is 0 Å². The number of carboxylic acids is 1. The van der Waals surface area contributed by atoms with Crippen LogP contribution in [-0.4, -0.2) is 20.9 Å². The third-order valence-corrected chi connectivity index (χ3v) is 2.72. The minimum absolute atomic E-state index is 0.421. The van der Waals surface area contributed by atoms with Crippen LogP contribution in [0.25, 0.3) is 10.9 Å². The zero-order chi connectivity index (χ0) is 12.3. The molecule has 4 nitrogen and oxygen atoms in total. The molecule has 0 radical (unpaired) electrons. The molecule has 1 aromatic heterocycles. The van der Waals surface area contributed by atoms with Crippen LogP contribution in [0, 0.1) is 0 Å². The summed E-state index contributed by atoms with van der Waals surface area (Å²) in [7, 11) is 0. The highest BCUT2D eigenvalue weighted by atomic mass is 16.4. The molecule has 0 aliphatic rings. The number of hydrogen-bond acceptors (Lipinski definition) is 2. The standard InChI is InChI=1S/C13H14N2O2/c1-2-10(13(16)17)7-8-15-12-6-4-3-5-11(12)9-14-15/h3-7,9H,2,8H2,1H3,(H,16,17). The van der Waals surface area contributed by atoms with Crippen LogP contribution in [0.5, 0.6) is 0 Å². The number of para-hydroxylation sites is 1. The Morgan fingerprint density at radius 3 is 2.94 bits per heavy atom. The number of aromatic nitrogens is 2. The Kier molecular flexibility index (Phi) is 3.23. The van der Waals surface area contributed by atoms with Crippen molar-refractivity contribution in [3.8, 4) is 0 Å². The summed E-state index contributed by atoms with van der Waals surface area (Å²) in [4.78, 5) is 10.9. The minimum Gasteiger partial charge on any atom is -0.478 e. The first-order valence-corrected chi connectivity index (χ1v) is 5.55. The van der Waals surface area contributed by atoms with Gasteiger partial charge in [0.15, 0.2) is 0 Å². The molecule has 0 bridgehead atoms. The van der Waals surface area contributed by atoms with E-state index in [1.165, 1.54) is 0 Å². The molecule has 1 N–H and O–H groups in total. The Labute approximate surface area is 99.2 Å². The minimum atomic E-state index is -0.857. The maximum absolute atomic E-state index is 10.9. The summed E-state index contributed by atoms with van der Waals surface area (Å²) in [6, 6.07) is 7.87. The van der Waals surface area contributed by atoms with Gasteiger partial charge >= 0.3 is 5.97 Å². The maximum Gasteiger partial charge on any atom is 0.331 e. The lowest BCUT2D eigenvalue weighted by atomic mass is 10.2. The van der Waals surface area contributed by atoms with E-state index in [1.807, 2.05) is 31.2 Å². The Bertz CT molecular complexity index is 570. The first-order chi connectivity index (χ1) is 8.22. The highest BCUT2D eigenvalue weighted by Crippen LogP contribution is 2.13. The Balaban J connectivity index is 2.27. The lowest BCUT2D eigenvalue weighted by Gasteiger charge is -2.01. The van der Waals surface area contributed by atoms with Gasteiger partial charge in [-0.1, -0.05) is 31.2 Å². The fourth-order valence-corrected chi connectivity index (χ4v) is 1.75. The summed E-state index contributed by atoms with van der Waals surface area (Å²) in [5.74, 6) is -0.857. The van der Waals surface area contributed by atoms with Crippen molar-refractivity contribution in [2.45, 2.75) is 19.9 Å². The van der Waals surface area contributed by atoms with Gasteiger partial charge in [0.25, 0.3) is 0 Å². The molecule has 2 rings (SSSR count). The number of nitrogens with zero attached hydrogens (tertiary/aromatic N) is 2. The molecule has 0 saturated carbocycles. The molecule has 0 aliphatic carbocycles. The lowest BCUT2D eigenvalue weighted by Crippen LogP contribution is -2.03. The monoisotopic (exact) mass is 230 g/mol. The molecule has 0 aliphatic heterocycles. The molecule has 0 saturated heterocycles. The average molecular weight is 230 g/mol. The highest BCUT2D eigenvalue weighted by Gasteiger charge is 2.04. The van der Waals surface area contributed by atoms with Crippen molar-refractivity contribution in [3.63, 3.8) is 0 Å². The summed E-state index contributed by atoms with van der Waals surface area (Å²) in [5, 5.41) is 14.2. The largest absolute Gasteiger partial charge is 0.478 e. The van der Waals surface area contributed by atoms with Gasteiger partial charge in [-0.25, -0.2) is 4.79 Å². The topological polar surface area (TPSA) is 55.1 Å². The van der Waals surface area contributed by atoms with Gasteiger partial charge in [0.1, 0.15) is 0 Å². The first-order valence-electron chi connectivity index (χ1n) is 5.55. The zero-order valence-corrected chi connectivity index (χ0v) is 9.63. The summed E-state index contributed by atoms with van der Waals surface area (Å²) in [5.41, 5.74) is 1.44. The van der Waals surface area contributed by atoms with Crippen molar-refractivity contribution in [1.82, 2.24) is 9.78 Å². The molecule has 0 atom stereocenters. The van der Waals surface area contributed by atoms with Crippen LogP contribution in [0.4, 0.5) is 0 Å². The van der Waals surface area contributed by atoms with Gasteiger partial charge in [-0.15, -0.1) is 0 Å². The first kappa shape index (κ1) is 11.4. The molecule has 2 aromatic rings. The van der Waals surface area contributed by atoms with E-state index in [-0.39, 0.29) is 0 Å². The molecule has 88 valence electrons. The predicted molar refractivity (Wildman–Crippen MR) is 65.7 cm³/mol. The van der Waals surface area contributed by atoms with E-state index < -0.39 is 5.97 Å². The van der Waals surface area contributed by atoms with Crippen LogP contribution >= 0.6 is 0 Å². The number of carboxylic acid groups (broad SMARTS) is 1. The maximum atomic E-state index is 10.9. The fourth-order valence-electron chi connectivity index (χ4n) is 1.75. The Morgan fingerprint density at radius 2 is 2.24 bits per heavy atom. The van der Waals surface area contributed by atoms with E-state index in [1.54, 1.807) is 17.0 Å². The number of rotatable bonds is 4. The number of fused-ring (bicyclic) bond motifs is 1. The molecule has 0 fully saturated rings. The van der Waals surface area contributed by atoms with Crippen LogP contribution in [0.1, 0.15) is 13.3 Å². The number of benzene rings is 1. The summed E-state index contributed by atoms with van der Waals surface area (Å²) in [6.45, 7) is 2.32. The summed E-state index contributed by atoms with van der Waals surface area (Å²) >= 11 is 0. The fraction of sp³-hybridized carbons (Fsp3) is 0.231. The molecular formula is C13H14N2O2. The van der Waals surface area contributed by atoms with Crippen LogP contribution in [-0.2, 0) is 11.3 Å². The quantitative estimate of drug-likeness (QED) is 0.821. The summed E-state index contributed by atoms with van der Waals surface area (Å²) in [6.07, 6.45) is 4.02. The van der Waals surface area contributed by atoms with Crippen molar-refractivity contribution in [2.75, 3.05) is 0 Å². The van der Waals surface area contributed by atoms with Gasteiger partial charge in [0, 0.05) is 11.0 Å². The van der Waals surface area contributed by atoms with Crippen LogP contribution in [0.2, 0.25) is 0 Å². The number of allylic oxidation sites excluding steroid dienone is 1. The van der Waals surface area contributed by atoms with E-state index in [4.69, 9.17) is 5.11 Å². The predicted octanol–water partition coefficient (Wildman–Crippen LogP) is 2.46. The van der Waals surface area contributed by atoms with Gasteiger partial charge < -0.3 is 5.11 Å². The second-order valence-electron chi connectivity index (χ2n) is 3.77. The second kappa shape index (κ2) is 4.82. The van der Waals surface area contributed by atoms with E-state index in [9.17, 15) is 4.79 Å². The van der Waals surface area contributed by atoms with Gasteiger partial charge in [-0.05, 0) is 12.5 Å². The molecule has 0 unspecified atom stereocenters. The SMILES string of the molecule is CCC(=CCn1ncc2ccccc21)C(=O)O. The third-order valence-electron chi connectivity index (χ3n) is 2.72. The van der Waals surface area contributed by atoms with Crippen molar-refractivity contribution in [2.24, 2.45) is 0 Å². The Morgan fingerprint density at radius 1 is 1.47 bits per heavy atom. The summed E-state index contributed by atoms with van der Waals surface area (Å²) < 4.78 is 1.80. The van der Waals surface area contributed by atoms with Gasteiger partial charge in [-0.3, -0.25) is 4.68 Å². The van der Waals surface area contributed by atoms with Crippen LogP contribution < -0.4 is 0 Å². The van der Waals surface area contributed by atoms with Crippen molar-refractivity contribution in [1.29, 1.82) is 0 Å². The van der Waals surface area contributed by atoms with Crippen molar-refractivity contribution in [3.05, 3.63) is 42.1 Å². The van der Waals surface area contributed by atoms with E-state index in [0.29, 0.717) is 18.5 Å². The van der Waals surface area contributed by atoms with Crippen LogP contribution in [0.15, 0.2) is 42.1 Å². The smallest absolute Gasteiger partial charge is 0.331 e. The lowest BCUT2D eigenvalue weighted by molar-refractivity contribution is -0.132. The van der Waals surface area contributed by atoms with Gasteiger partial charge in [0.05, 0.1) is 18.3 Å². The van der Waals surface area contributed by atoms with E-state index in [0.717, 1.165) is 10.9 Å². The number of aliphatic carboxylic acids is 1. The van der Waals surface area contributed by atoms with Crippen molar-refractivity contribution >= 4 is 16.9 Å². The third kappa shape index (κ3) is 2.36. The van der Waals surface area contributed by atoms with Gasteiger partial charge in [-0.2, -0.15) is 5.10 Å². The molecule has 17 heavy (non-hydrogen) atoms. The molecule has 0 spiro atoms. The van der Waals surface area contributed by atoms with E-state index in [2.05, 4.69) is 5.10 Å². The highest BCUT2D eigenvalue weighted by molar-refractivity contribution is 5.86. The van der Waals surface area contributed by atoms with Crippen molar-refractivity contribution < 1.29 is 9.90 Å². The molecule has 0 amide bonds. The normalized spacial score (nSPS) is 11.9. The Hall–Kier alpha value is -2.10. The zero-order valence-electron chi connectivity index (χ0n) is 9.63. The number of carbonyl (C=O) groups is 1. The molecular weight excluding hydrogens is 216 g/mol. The molecule has 1 heterocycles. The van der Waals surface area contributed by atoms with Gasteiger partial charge in [0.2, 0.25) is 0 Å². The number of hydrogen-bond donors (Lipinski definition) is 1. The second-order valence-corrected chi connectivity index (χ2v) is 3.77.